The van der Waals surface area contributed by atoms with Crippen molar-refractivity contribution in [2.45, 2.75) is 46.8 Å². The van der Waals surface area contributed by atoms with Crippen molar-refractivity contribution >= 4 is 11.0 Å². The molecule has 2 aromatic rings. The number of rotatable bonds is 7. The quantitative estimate of drug-likeness (QED) is 0.790. The number of ether oxygens (including phenoxy) is 1. The molecule has 2 rings (SSSR count). The Bertz CT molecular complexity index is 560. The average Bonchev–Trinajstić information content (AvgIpc) is 2.75. The summed E-state index contributed by atoms with van der Waals surface area (Å²) >= 11 is 0. The van der Waals surface area contributed by atoms with Gasteiger partial charge in [-0.25, -0.2) is 4.98 Å². The lowest BCUT2D eigenvalue weighted by atomic mass is 10.3. The minimum absolute atomic E-state index is 0.189. The Morgan fingerprint density at radius 3 is 2.75 bits per heavy atom. The van der Waals surface area contributed by atoms with Crippen molar-refractivity contribution in [2.75, 3.05) is 13.1 Å². The molecule has 110 valence electrons. The predicted molar refractivity (Wildman–Crippen MR) is 83.4 cm³/mol. The fourth-order valence-corrected chi connectivity index (χ4v) is 2.43. The summed E-state index contributed by atoms with van der Waals surface area (Å²) in [5.41, 5.74) is 2.21. The van der Waals surface area contributed by atoms with E-state index >= 15 is 0 Å². The minimum Gasteiger partial charge on any atom is -0.491 e. The Morgan fingerprint density at radius 1 is 1.30 bits per heavy atom. The summed E-state index contributed by atoms with van der Waals surface area (Å²) < 4.78 is 8.03. The van der Waals surface area contributed by atoms with E-state index in [9.17, 15) is 0 Å². The van der Waals surface area contributed by atoms with Crippen molar-refractivity contribution in [1.29, 1.82) is 0 Å². The number of nitrogens with zero attached hydrogens (tertiary/aromatic N) is 2. The summed E-state index contributed by atoms with van der Waals surface area (Å²) in [4.78, 5) is 4.77. The summed E-state index contributed by atoms with van der Waals surface area (Å²) in [6.45, 7) is 11.3. The van der Waals surface area contributed by atoms with E-state index < -0.39 is 0 Å². The number of aromatic nitrogens is 2. The van der Waals surface area contributed by atoms with Crippen LogP contribution >= 0.6 is 0 Å². The lowest BCUT2D eigenvalue weighted by Gasteiger charge is -2.09. The van der Waals surface area contributed by atoms with Crippen LogP contribution in [0.5, 0.6) is 5.75 Å². The summed E-state index contributed by atoms with van der Waals surface area (Å²) in [6, 6.07) is 6.18. The van der Waals surface area contributed by atoms with E-state index in [0.717, 1.165) is 43.1 Å². The van der Waals surface area contributed by atoms with Crippen LogP contribution in [0.2, 0.25) is 0 Å². The molecule has 0 fully saturated rings. The molecule has 1 N–H and O–H groups in total. The highest BCUT2D eigenvalue weighted by atomic mass is 16.5. The molecule has 4 heteroatoms. The highest BCUT2D eigenvalue weighted by molar-refractivity contribution is 5.77. The Labute approximate surface area is 121 Å². The van der Waals surface area contributed by atoms with Crippen LogP contribution < -0.4 is 10.1 Å². The molecule has 0 aliphatic rings. The highest BCUT2D eigenvalue weighted by Gasteiger charge is 2.10. The number of nitrogens with one attached hydrogen (secondary N) is 1. The zero-order chi connectivity index (χ0) is 14.5. The highest BCUT2D eigenvalue weighted by Crippen LogP contribution is 2.23. The van der Waals surface area contributed by atoms with E-state index in [-0.39, 0.29) is 6.10 Å². The third-order valence-electron chi connectivity index (χ3n) is 3.26. The number of hydrogen-bond acceptors (Lipinski definition) is 3. The van der Waals surface area contributed by atoms with Gasteiger partial charge in [-0.3, -0.25) is 0 Å². The lowest BCUT2D eigenvalue weighted by Crippen LogP contribution is -2.18. The average molecular weight is 275 g/mol. The SMILES string of the molecule is CCNCCc1nc2cc(OC(C)C)ccc2n1CC. The van der Waals surface area contributed by atoms with Gasteiger partial charge in [0.05, 0.1) is 17.1 Å². The van der Waals surface area contributed by atoms with Crippen LogP contribution in [0, 0.1) is 0 Å². The van der Waals surface area contributed by atoms with Crippen molar-refractivity contribution in [3.63, 3.8) is 0 Å². The fraction of sp³-hybridized carbons (Fsp3) is 0.562. The maximum Gasteiger partial charge on any atom is 0.121 e. The van der Waals surface area contributed by atoms with Crippen LogP contribution in [0.1, 0.15) is 33.5 Å². The molecular formula is C16H25N3O. The van der Waals surface area contributed by atoms with Crippen molar-refractivity contribution in [3.05, 3.63) is 24.0 Å². The lowest BCUT2D eigenvalue weighted by molar-refractivity contribution is 0.242. The molecule has 0 bridgehead atoms. The molecule has 4 nitrogen and oxygen atoms in total. The molecule has 0 saturated carbocycles. The van der Waals surface area contributed by atoms with Crippen LogP contribution in [0.3, 0.4) is 0 Å². The monoisotopic (exact) mass is 275 g/mol. The summed E-state index contributed by atoms with van der Waals surface area (Å²) in [5, 5.41) is 3.35. The zero-order valence-corrected chi connectivity index (χ0v) is 12.9. The van der Waals surface area contributed by atoms with Gasteiger partial charge in [-0.15, -0.1) is 0 Å². The van der Waals surface area contributed by atoms with Gasteiger partial charge in [-0.05, 0) is 39.4 Å². The Balaban J connectivity index is 2.29. The summed E-state index contributed by atoms with van der Waals surface area (Å²) in [6.07, 6.45) is 1.14. The standard InChI is InChI=1S/C16H25N3O/c1-5-17-10-9-16-18-14-11-13(20-12(3)4)7-8-15(14)19(16)6-2/h7-8,11-12,17H,5-6,9-10H2,1-4H3. The zero-order valence-electron chi connectivity index (χ0n) is 12.9. The van der Waals surface area contributed by atoms with Crippen molar-refractivity contribution in [2.24, 2.45) is 0 Å². The molecule has 0 aliphatic carbocycles. The molecule has 1 aromatic carbocycles. The minimum atomic E-state index is 0.189. The van der Waals surface area contributed by atoms with Gasteiger partial charge in [0.1, 0.15) is 11.6 Å². The molecular weight excluding hydrogens is 250 g/mol. The van der Waals surface area contributed by atoms with Gasteiger partial charge in [-0.2, -0.15) is 0 Å². The largest absolute Gasteiger partial charge is 0.491 e. The molecule has 0 aliphatic heterocycles. The van der Waals surface area contributed by atoms with Gasteiger partial charge in [0.25, 0.3) is 0 Å². The first-order valence-corrected chi connectivity index (χ1v) is 7.52. The molecule has 0 unspecified atom stereocenters. The van der Waals surface area contributed by atoms with Gasteiger partial charge in [0.15, 0.2) is 0 Å². The molecule has 0 spiro atoms. The van der Waals surface area contributed by atoms with Crippen LogP contribution in [-0.4, -0.2) is 28.7 Å². The molecule has 1 heterocycles. The van der Waals surface area contributed by atoms with Gasteiger partial charge >= 0.3 is 0 Å². The van der Waals surface area contributed by atoms with Gasteiger partial charge in [0.2, 0.25) is 0 Å². The first-order valence-electron chi connectivity index (χ1n) is 7.52. The van der Waals surface area contributed by atoms with Crippen LogP contribution in [-0.2, 0) is 13.0 Å². The number of benzene rings is 1. The molecule has 0 radical (unpaired) electrons. The van der Waals surface area contributed by atoms with Gasteiger partial charge in [-0.1, -0.05) is 6.92 Å². The Kier molecular flexibility index (Phi) is 5.01. The second-order valence-corrected chi connectivity index (χ2v) is 5.19. The number of aryl methyl sites for hydroxylation is 1. The van der Waals surface area contributed by atoms with Crippen LogP contribution in [0.25, 0.3) is 11.0 Å². The van der Waals surface area contributed by atoms with E-state index in [1.54, 1.807) is 0 Å². The van der Waals surface area contributed by atoms with E-state index in [2.05, 4.69) is 29.8 Å². The van der Waals surface area contributed by atoms with Gasteiger partial charge < -0.3 is 14.6 Å². The normalized spacial score (nSPS) is 11.4. The van der Waals surface area contributed by atoms with Crippen molar-refractivity contribution in [1.82, 2.24) is 14.9 Å². The molecule has 20 heavy (non-hydrogen) atoms. The first-order chi connectivity index (χ1) is 9.65. The maximum atomic E-state index is 5.74. The molecule has 0 saturated heterocycles. The third kappa shape index (κ3) is 3.31. The van der Waals surface area contributed by atoms with Crippen LogP contribution in [0.15, 0.2) is 18.2 Å². The maximum absolute atomic E-state index is 5.74. The first kappa shape index (κ1) is 14.9. The second kappa shape index (κ2) is 6.75. The van der Waals surface area contributed by atoms with Crippen molar-refractivity contribution < 1.29 is 4.74 Å². The molecule has 0 atom stereocenters. The van der Waals surface area contributed by atoms with Gasteiger partial charge in [0, 0.05) is 25.6 Å². The number of likely N-dealkylation sites (N-methyl/N-ethyl adjacent to an activating group) is 1. The van der Waals surface area contributed by atoms with E-state index in [4.69, 9.17) is 9.72 Å². The van der Waals surface area contributed by atoms with E-state index in [1.165, 1.54) is 5.52 Å². The molecule has 1 aromatic heterocycles. The van der Waals surface area contributed by atoms with E-state index in [1.807, 2.05) is 26.0 Å². The number of hydrogen-bond donors (Lipinski definition) is 1. The second-order valence-electron chi connectivity index (χ2n) is 5.19. The Morgan fingerprint density at radius 2 is 2.10 bits per heavy atom. The molecule has 0 amide bonds. The predicted octanol–water partition coefficient (Wildman–Crippen LogP) is 3.00. The van der Waals surface area contributed by atoms with Crippen LogP contribution in [0.4, 0.5) is 0 Å². The number of imidazole rings is 1. The smallest absolute Gasteiger partial charge is 0.121 e. The van der Waals surface area contributed by atoms with Crippen molar-refractivity contribution in [3.8, 4) is 5.75 Å². The topological polar surface area (TPSA) is 39.1 Å². The van der Waals surface area contributed by atoms with E-state index in [0.29, 0.717) is 0 Å². The third-order valence-corrected chi connectivity index (χ3v) is 3.26. The summed E-state index contributed by atoms with van der Waals surface area (Å²) in [5.74, 6) is 2.04. The summed E-state index contributed by atoms with van der Waals surface area (Å²) in [7, 11) is 0. The number of fused-ring (bicyclic) bond motifs is 1. The Hall–Kier alpha value is -1.55. The fourth-order valence-electron chi connectivity index (χ4n) is 2.43.